The highest BCUT2D eigenvalue weighted by atomic mass is 32.1. The van der Waals surface area contributed by atoms with E-state index in [0.717, 1.165) is 5.69 Å². The Balaban J connectivity index is 2.26. The molecule has 0 aliphatic heterocycles. The van der Waals surface area contributed by atoms with Gasteiger partial charge in [-0.1, -0.05) is 5.16 Å². The van der Waals surface area contributed by atoms with Crippen LogP contribution in [0.2, 0.25) is 0 Å². The van der Waals surface area contributed by atoms with E-state index in [1.807, 2.05) is 17.7 Å². The Morgan fingerprint density at radius 1 is 1.57 bits per heavy atom. The lowest BCUT2D eigenvalue weighted by atomic mass is 10.5. The number of nitrogens with one attached hydrogen (secondary N) is 1. The molecule has 0 amide bonds. The summed E-state index contributed by atoms with van der Waals surface area (Å²) in [5.41, 5.74) is 1.02. The molecule has 0 aliphatic carbocycles. The van der Waals surface area contributed by atoms with Crippen molar-refractivity contribution in [3.63, 3.8) is 0 Å². The van der Waals surface area contributed by atoms with E-state index >= 15 is 0 Å². The van der Waals surface area contributed by atoms with Crippen molar-refractivity contribution >= 4 is 12.2 Å². The summed E-state index contributed by atoms with van der Waals surface area (Å²) < 4.78 is 7.51. The number of rotatable bonds is 2. The van der Waals surface area contributed by atoms with Crippen molar-refractivity contribution in [3.05, 3.63) is 28.4 Å². The Morgan fingerprint density at radius 3 is 2.86 bits per heavy atom. The quantitative estimate of drug-likeness (QED) is 0.765. The molecule has 5 nitrogen and oxygen atoms in total. The van der Waals surface area contributed by atoms with Crippen molar-refractivity contribution in [1.82, 2.24) is 19.7 Å². The van der Waals surface area contributed by atoms with Crippen molar-refractivity contribution in [2.45, 2.75) is 20.4 Å². The first kappa shape index (κ1) is 9.14. The highest BCUT2D eigenvalue weighted by molar-refractivity contribution is 7.71. The number of hydrogen-bond donors (Lipinski definition) is 1. The van der Waals surface area contributed by atoms with Crippen molar-refractivity contribution in [2.24, 2.45) is 0 Å². The summed E-state index contributed by atoms with van der Waals surface area (Å²) in [5, 5.41) is 3.71. The third-order valence-corrected chi connectivity index (χ3v) is 2.13. The van der Waals surface area contributed by atoms with E-state index in [1.165, 1.54) is 0 Å². The summed E-state index contributed by atoms with van der Waals surface area (Å²) in [6, 6.07) is 0. The number of H-pyrrole nitrogens is 1. The predicted molar refractivity (Wildman–Crippen MR) is 52.5 cm³/mol. The molecule has 0 saturated heterocycles. The molecule has 2 heterocycles. The second kappa shape index (κ2) is 3.38. The van der Waals surface area contributed by atoms with E-state index < -0.39 is 0 Å². The molecule has 74 valence electrons. The van der Waals surface area contributed by atoms with Crippen molar-refractivity contribution < 1.29 is 4.52 Å². The van der Waals surface area contributed by atoms with E-state index in [1.54, 1.807) is 6.92 Å². The topological polar surface area (TPSA) is 59.6 Å². The van der Waals surface area contributed by atoms with Crippen LogP contribution in [0.3, 0.4) is 0 Å². The fourth-order valence-electron chi connectivity index (χ4n) is 1.23. The molecule has 0 atom stereocenters. The molecule has 2 aromatic heterocycles. The number of nitrogens with zero attached hydrogens (tertiary/aromatic N) is 3. The summed E-state index contributed by atoms with van der Waals surface area (Å²) in [4.78, 5) is 7.12. The number of hydrogen-bond acceptors (Lipinski definition) is 4. The van der Waals surface area contributed by atoms with Crippen LogP contribution in [-0.2, 0) is 6.54 Å². The average Bonchev–Trinajstić information content (AvgIpc) is 2.61. The zero-order valence-corrected chi connectivity index (χ0v) is 8.76. The van der Waals surface area contributed by atoms with Crippen LogP contribution in [0.15, 0.2) is 10.7 Å². The summed E-state index contributed by atoms with van der Waals surface area (Å²) in [6.45, 7) is 4.25. The minimum atomic E-state index is 0.518. The van der Waals surface area contributed by atoms with Gasteiger partial charge in [0.2, 0.25) is 5.89 Å². The molecular formula is C8H10N4OS. The maximum Gasteiger partial charge on any atom is 0.246 e. The Bertz CT molecular complexity index is 495. The number of imidazole rings is 1. The molecule has 0 saturated carbocycles. The smallest absolute Gasteiger partial charge is 0.246 e. The van der Waals surface area contributed by atoms with Gasteiger partial charge < -0.3 is 14.1 Å². The first-order valence-electron chi connectivity index (χ1n) is 4.20. The van der Waals surface area contributed by atoms with Gasteiger partial charge in [-0.15, -0.1) is 0 Å². The first-order chi connectivity index (χ1) is 6.65. The van der Waals surface area contributed by atoms with Gasteiger partial charge in [-0.3, -0.25) is 0 Å². The van der Waals surface area contributed by atoms with Crippen LogP contribution >= 0.6 is 12.2 Å². The van der Waals surface area contributed by atoms with Gasteiger partial charge >= 0.3 is 0 Å². The van der Waals surface area contributed by atoms with Crippen LogP contribution in [-0.4, -0.2) is 19.7 Å². The van der Waals surface area contributed by atoms with E-state index in [4.69, 9.17) is 16.7 Å². The second-order valence-corrected chi connectivity index (χ2v) is 3.49. The van der Waals surface area contributed by atoms with Crippen LogP contribution in [0, 0.1) is 18.6 Å². The molecule has 1 N–H and O–H groups in total. The molecule has 0 unspecified atom stereocenters. The van der Waals surface area contributed by atoms with E-state index in [0.29, 0.717) is 23.0 Å². The molecule has 0 spiro atoms. The molecular weight excluding hydrogens is 200 g/mol. The molecule has 0 aliphatic rings. The third-order valence-electron chi connectivity index (χ3n) is 1.79. The van der Waals surface area contributed by atoms with E-state index in [2.05, 4.69) is 15.1 Å². The number of aromatic amines is 1. The van der Waals surface area contributed by atoms with Gasteiger partial charge in [-0.05, 0) is 26.1 Å². The molecule has 0 fully saturated rings. The van der Waals surface area contributed by atoms with Crippen LogP contribution in [0.1, 0.15) is 17.4 Å². The standard InChI is InChI=1S/C8H10N4OS/c1-5-3-12(8(14)9-5)4-7-10-6(2)11-13-7/h3H,4H2,1-2H3,(H,9,14). The van der Waals surface area contributed by atoms with Crippen LogP contribution in [0.4, 0.5) is 0 Å². The SMILES string of the molecule is Cc1noc(Cn2cc(C)[nH]c2=S)n1. The molecule has 2 rings (SSSR count). The monoisotopic (exact) mass is 210 g/mol. The maximum absolute atomic E-state index is 5.10. The van der Waals surface area contributed by atoms with E-state index in [9.17, 15) is 0 Å². The van der Waals surface area contributed by atoms with Crippen molar-refractivity contribution in [2.75, 3.05) is 0 Å². The molecule has 0 bridgehead atoms. The Labute approximate surface area is 85.8 Å². The van der Waals surface area contributed by atoms with Gasteiger partial charge in [0, 0.05) is 11.9 Å². The third kappa shape index (κ3) is 1.74. The largest absolute Gasteiger partial charge is 0.337 e. The van der Waals surface area contributed by atoms with Crippen molar-refractivity contribution in [3.8, 4) is 0 Å². The zero-order chi connectivity index (χ0) is 10.1. The summed E-state index contributed by atoms with van der Waals surface area (Å²) in [7, 11) is 0. The van der Waals surface area contributed by atoms with Crippen LogP contribution < -0.4 is 0 Å². The van der Waals surface area contributed by atoms with Crippen LogP contribution in [0.25, 0.3) is 0 Å². The molecule has 2 aromatic rings. The number of aryl methyl sites for hydroxylation is 2. The fraction of sp³-hybridized carbons (Fsp3) is 0.375. The van der Waals surface area contributed by atoms with Gasteiger partial charge in [-0.25, -0.2) is 0 Å². The van der Waals surface area contributed by atoms with Gasteiger partial charge in [0.25, 0.3) is 0 Å². The summed E-state index contributed by atoms with van der Waals surface area (Å²) in [5.74, 6) is 1.20. The van der Waals surface area contributed by atoms with Gasteiger partial charge in [0.15, 0.2) is 10.6 Å². The van der Waals surface area contributed by atoms with E-state index in [-0.39, 0.29) is 0 Å². The Morgan fingerprint density at radius 2 is 2.36 bits per heavy atom. The average molecular weight is 210 g/mol. The Kier molecular flexibility index (Phi) is 2.20. The van der Waals surface area contributed by atoms with Gasteiger partial charge in [-0.2, -0.15) is 4.98 Å². The lowest BCUT2D eigenvalue weighted by Gasteiger charge is -1.94. The molecule has 0 radical (unpaired) electrons. The zero-order valence-electron chi connectivity index (χ0n) is 7.94. The maximum atomic E-state index is 5.10. The lowest BCUT2D eigenvalue weighted by molar-refractivity contribution is 0.367. The second-order valence-electron chi connectivity index (χ2n) is 3.11. The molecule has 6 heteroatoms. The minimum absolute atomic E-state index is 0.518. The highest BCUT2D eigenvalue weighted by Gasteiger charge is 2.04. The Hall–Kier alpha value is -1.43. The lowest BCUT2D eigenvalue weighted by Crippen LogP contribution is -1.98. The fourth-order valence-corrected chi connectivity index (χ4v) is 1.51. The van der Waals surface area contributed by atoms with Gasteiger partial charge in [0.1, 0.15) is 6.54 Å². The summed E-state index contributed by atoms with van der Waals surface area (Å²) >= 11 is 5.10. The van der Waals surface area contributed by atoms with Gasteiger partial charge in [0.05, 0.1) is 0 Å². The first-order valence-corrected chi connectivity index (χ1v) is 4.61. The van der Waals surface area contributed by atoms with Crippen molar-refractivity contribution in [1.29, 1.82) is 0 Å². The predicted octanol–water partition coefficient (Wildman–Crippen LogP) is 1.59. The normalized spacial score (nSPS) is 10.7. The summed E-state index contributed by atoms with van der Waals surface area (Å²) in [6.07, 6.45) is 1.92. The molecule has 14 heavy (non-hydrogen) atoms. The highest BCUT2D eigenvalue weighted by Crippen LogP contribution is 2.03. The number of aromatic nitrogens is 4. The molecule has 0 aromatic carbocycles. The minimum Gasteiger partial charge on any atom is -0.337 e. The van der Waals surface area contributed by atoms with Crippen LogP contribution in [0.5, 0.6) is 0 Å².